The summed E-state index contributed by atoms with van der Waals surface area (Å²) in [6, 6.07) is 3.94. The summed E-state index contributed by atoms with van der Waals surface area (Å²) in [6.07, 6.45) is 0.783. The zero-order valence-corrected chi connectivity index (χ0v) is 11.5. The number of nitrogens with one attached hydrogen (secondary N) is 1. The van der Waals surface area contributed by atoms with E-state index in [0.717, 1.165) is 9.60 Å². The standard InChI is InChI=1S/C13H12FN3O2S/c1-17-11(18)5-3-8(12(17)19)15-13-16-9-6-7(14)2-4-10(9)20-13/h2,4,6,8H,3,5H2,1H3,(H,15,16). The predicted molar refractivity (Wildman–Crippen MR) is 74.0 cm³/mol. The molecule has 5 nitrogen and oxygen atoms in total. The lowest BCUT2D eigenvalue weighted by molar-refractivity contribution is -0.146. The van der Waals surface area contributed by atoms with Gasteiger partial charge >= 0.3 is 0 Å². The van der Waals surface area contributed by atoms with Crippen molar-refractivity contribution in [2.75, 3.05) is 12.4 Å². The molecule has 2 amide bonds. The van der Waals surface area contributed by atoms with E-state index in [1.807, 2.05) is 0 Å². The maximum atomic E-state index is 13.1. The number of amides is 2. The monoisotopic (exact) mass is 293 g/mol. The van der Waals surface area contributed by atoms with E-state index in [0.29, 0.717) is 23.5 Å². The first kappa shape index (κ1) is 13.0. The van der Waals surface area contributed by atoms with Crippen LogP contribution in [-0.4, -0.2) is 34.8 Å². The minimum Gasteiger partial charge on any atom is -0.350 e. The third-order valence-corrected chi connectivity index (χ3v) is 4.26. The van der Waals surface area contributed by atoms with Crippen molar-refractivity contribution in [2.24, 2.45) is 0 Å². The Morgan fingerprint density at radius 2 is 2.25 bits per heavy atom. The predicted octanol–water partition coefficient (Wildman–Crippen LogP) is 1.99. The van der Waals surface area contributed by atoms with E-state index in [1.54, 1.807) is 6.07 Å². The average molecular weight is 293 g/mol. The number of thiazole rings is 1. The van der Waals surface area contributed by atoms with Gasteiger partial charge in [0.1, 0.15) is 11.9 Å². The van der Waals surface area contributed by atoms with Crippen molar-refractivity contribution in [3.63, 3.8) is 0 Å². The zero-order chi connectivity index (χ0) is 14.3. The van der Waals surface area contributed by atoms with E-state index in [1.165, 1.54) is 30.5 Å². The topological polar surface area (TPSA) is 62.3 Å². The van der Waals surface area contributed by atoms with Crippen LogP contribution in [0.2, 0.25) is 0 Å². The van der Waals surface area contributed by atoms with E-state index >= 15 is 0 Å². The first-order valence-electron chi connectivity index (χ1n) is 6.17. The van der Waals surface area contributed by atoms with E-state index in [-0.39, 0.29) is 17.6 Å². The number of aromatic nitrogens is 1. The van der Waals surface area contributed by atoms with Crippen LogP contribution in [0, 0.1) is 5.82 Å². The number of fused-ring (bicyclic) bond motifs is 1. The van der Waals surface area contributed by atoms with Crippen molar-refractivity contribution < 1.29 is 14.0 Å². The smallest absolute Gasteiger partial charge is 0.251 e. The third kappa shape index (κ3) is 2.24. The van der Waals surface area contributed by atoms with Gasteiger partial charge in [0.2, 0.25) is 5.91 Å². The fourth-order valence-electron chi connectivity index (χ4n) is 2.16. The van der Waals surface area contributed by atoms with E-state index in [9.17, 15) is 14.0 Å². The van der Waals surface area contributed by atoms with Crippen molar-refractivity contribution >= 4 is 38.5 Å². The number of benzene rings is 1. The van der Waals surface area contributed by atoms with Gasteiger partial charge in [0.15, 0.2) is 5.13 Å². The number of carbonyl (C=O) groups is 2. The fraction of sp³-hybridized carbons (Fsp3) is 0.308. The molecular weight excluding hydrogens is 281 g/mol. The molecule has 3 rings (SSSR count). The summed E-state index contributed by atoms with van der Waals surface area (Å²) in [7, 11) is 1.48. The summed E-state index contributed by atoms with van der Waals surface area (Å²) in [4.78, 5) is 28.8. The van der Waals surface area contributed by atoms with Gasteiger partial charge in [-0.2, -0.15) is 0 Å². The highest BCUT2D eigenvalue weighted by Crippen LogP contribution is 2.28. The number of nitrogens with zero attached hydrogens (tertiary/aromatic N) is 2. The largest absolute Gasteiger partial charge is 0.350 e. The summed E-state index contributed by atoms with van der Waals surface area (Å²) < 4.78 is 14.0. The van der Waals surface area contributed by atoms with Crippen LogP contribution in [0.1, 0.15) is 12.8 Å². The Bertz CT molecular complexity index is 700. The van der Waals surface area contributed by atoms with E-state index in [2.05, 4.69) is 10.3 Å². The maximum Gasteiger partial charge on any atom is 0.251 e. The number of piperidine rings is 1. The molecule has 2 aromatic rings. The van der Waals surface area contributed by atoms with Crippen LogP contribution >= 0.6 is 11.3 Å². The number of imide groups is 1. The Morgan fingerprint density at radius 3 is 3.05 bits per heavy atom. The molecule has 1 aliphatic heterocycles. The number of hydrogen-bond donors (Lipinski definition) is 1. The quantitative estimate of drug-likeness (QED) is 0.860. The van der Waals surface area contributed by atoms with Crippen LogP contribution in [0.5, 0.6) is 0 Å². The second-order valence-corrected chi connectivity index (χ2v) is 5.69. The lowest BCUT2D eigenvalue weighted by Gasteiger charge is -2.27. The molecule has 0 bridgehead atoms. The molecular formula is C13H12FN3O2S. The molecule has 1 aromatic carbocycles. The van der Waals surface area contributed by atoms with Crippen LogP contribution in [0.25, 0.3) is 10.2 Å². The molecule has 1 aromatic heterocycles. The number of halogens is 1. The van der Waals surface area contributed by atoms with Crippen LogP contribution in [0.3, 0.4) is 0 Å². The van der Waals surface area contributed by atoms with E-state index < -0.39 is 6.04 Å². The number of carbonyl (C=O) groups excluding carboxylic acids is 2. The van der Waals surface area contributed by atoms with Gasteiger partial charge in [0, 0.05) is 19.5 Å². The molecule has 7 heteroatoms. The molecule has 1 unspecified atom stereocenters. The van der Waals surface area contributed by atoms with Crippen LogP contribution in [0.4, 0.5) is 9.52 Å². The minimum atomic E-state index is -0.455. The van der Waals surface area contributed by atoms with Gasteiger partial charge in [-0.15, -0.1) is 0 Å². The highest BCUT2D eigenvalue weighted by atomic mass is 32.1. The number of likely N-dealkylation sites (N-methyl/N-ethyl adjacent to an activating group) is 1. The van der Waals surface area contributed by atoms with Gasteiger partial charge in [-0.3, -0.25) is 14.5 Å². The number of anilines is 1. The van der Waals surface area contributed by atoms with Gasteiger partial charge in [0.25, 0.3) is 5.91 Å². The lowest BCUT2D eigenvalue weighted by atomic mass is 10.1. The fourth-order valence-corrected chi connectivity index (χ4v) is 3.06. The summed E-state index contributed by atoms with van der Waals surface area (Å²) in [5.74, 6) is -0.764. The molecule has 104 valence electrons. The van der Waals surface area contributed by atoms with Gasteiger partial charge in [-0.05, 0) is 18.6 Å². The van der Waals surface area contributed by atoms with Crippen molar-refractivity contribution in [1.82, 2.24) is 9.88 Å². The van der Waals surface area contributed by atoms with Crippen molar-refractivity contribution in [3.05, 3.63) is 24.0 Å². The van der Waals surface area contributed by atoms with Crippen LogP contribution < -0.4 is 5.32 Å². The Balaban J connectivity index is 1.82. The summed E-state index contributed by atoms with van der Waals surface area (Å²) in [5, 5.41) is 3.59. The van der Waals surface area contributed by atoms with Gasteiger partial charge in [-0.1, -0.05) is 11.3 Å². The van der Waals surface area contributed by atoms with Crippen molar-refractivity contribution in [1.29, 1.82) is 0 Å². The molecule has 0 aliphatic carbocycles. The zero-order valence-electron chi connectivity index (χ0n) is 10.7. The molecule has 0 spiro atoms. The molecule has 1 aliphatic rings. The maximum absolute atomic E-state index is 13.1. The number of hydrogen-bond acceptors (Lipinski definition) is 5. The van der Waals surface area contributed by atoms with Crippen molar-refractivity contribution in [2.45, 2.75) is 18.9 Å². The summed E-state index contributed by atoms with van der Waals surface area (Å²) >= 11 is 1.36. The Morgan fingerprint density at radius 1 is 1.45 bits per heavy atom. The molecule has 2 heterocycles. The molecule has 1 atom stereocenters. The molecule has 1 N–H and O–H groups in total. The Hall–Kier alpha value is -2.02. The van der Waals surface area contributed by atoms with Gasteiger partial charge < -0.3 is 5.32 Å². The molecule has 1 saturated heterocycles. The first-order chi connectivity index (χ1) is 9.54. The molecule has 20 heavy (non-hydrogen) atoms. The van der Waals surface area contributed by atoms with Crippen LogP contribution in [0.15, 0.2) is 18.2 Å². The highest BCUT2D eigenvalue weighted by molar-refractivity contribution is 7.22. The lowest BCUT2D eigenvalue weighted by Crippen LogP contribution is -2.48. The van der Waals surface area contributed by atoms with E-state index in [4.69, 9.17) is 0 Å². The van der Waals surface area contributed by atoms with Gasteiger partial charge in [0.05, 0.1) is 10.2 Å². The molecule has 0 radical (unpaired) electrons. The second kappa shape index (κ2) is 4.82. The third-order valence-electron chi connectivity index (χ3n) is 3.30. The second-order valence-electron chi connectivity index (χ2n) is 4.66. The Labute approximate surface area is 118 Å². The SMILES string of the molecule is CN1C(=O)CCC(Nc2nc3cc(F)ccc3s2)C1=O. The van der Waals surface area contributed by atoms with Crippen molar-refractivity contribution in [3.8, 4) is 0 Å². The summed E-state index contributed by atoms with van der Waals surface area (Å²) in [5.41, 5.74) is 0.560. The number of rotatable bonds is 2. The Kier molecular flexibility index (Phi) is 3.13. The summed E-state index contributed by atoms with van der Waals surface area (Å²) in [6.45, 7) is 0. The first-order valence-corrected chi connectivity index (χ1v) is 6.99. The molecule has 0 saturated carbocycles. The van der Waals surface area contributed by atoms with Gasteiger partial charge in [-0.25, -0.2) is 9.37 Å². The highest BCUT2D eigenvalue weighted by Gasteiger charge is 2.32. The number of likely N-dealkylation sites (tertiary alicyclic amines) is 1. The minimum absolute atomic E-state index is 0.167. The average Bonchev–Trinajstić information content (AvgIpc) is 2.81. The molecule has 1 fully saturated rings. The normalized spacial score (nSPS) is 19.7. The van der Waals surface area contributed by atoms with Crippen LogP contribution in [-0.2, 0) is 9.59 Å².